The highest BCUT2D eigenvalue weighted by Gasteiger charge is 2.16. The van der Waals surface area contributed by atoms with E-state index in [1.807, 2.05) is 11.8 Å². The monoisotopic (exact) mass is 299 g/mol. The van der Waals surface area contributed by atoms with E-state index in [1.165, 1.54) is 0 Å². The predicted molar refractivity (Wildman–Crippen MR) is 82.4 cm³/mol. The van der Waals surface area contributed by atoms with E-state index in [0.29, 0.717) is 23.3 Å². The van der Waals surface area contributed by atoms with Crippen molar-refractivity contribution >= 4 is 29.3 Å². The first-order valence-corrected chi connectivity index (χ1v) is 7.08. The van der Waals surface area contributed by atoms with Crippen molar-refractivity contribution in [1.29, 1.82) is 0 Å². The molecule has 1 rings (SSSR count). The lowest BCUT2D eigenvalue weighted by molar-refractivity contribution is -0.127. The summed E-state index contributed by atoms with van der Waals surface area (Å²) in [6.45, 7) is 5.71. The van der Waals surface area contributed by atoms with Gasteiger partial charge in [0.15, 0.2) is 5.82 Å². The minimum absolute atomic E-state index is 0.00426. The third-order valence-electron chi connectivity index (χ3n) is 2.76. The quantitative estimate of drug-likeness (QED) is 0.833. The second-order valence-corrected chi connectivity index (χ2v) is 5.00. The molecule has 7 heteroatoms. The predicted octanol–water partition coefficient (Wildman–Crippen LogP) is 1.87. The summed E-state index contributed by atoms with van der Waals surface area (Å²) in [6, 6.07) is 0. The van der Waals surface area contributed by atoms with Crippen LogP contribution in [0.2, 0.25) is 5.02 Å². The first kappa shape index (κ1) is 16.5. The first-order chi connectivity index (χ1) is 9.49. The SMILES string of the molecule is CCCNc1ncc(Cl)c(N(CC)CC(=O)N(C)C)n1. The van der Waals surface area contributed by atoms with E-state index in [1.54, 1.807) is 25.2 Å². The molecular weight excluding hydrogens is 278 g/mol. The maximum Gasteiger partial charge on any atom is 0.241 e. The Kier molecular flexibility index (Phi) is 6.51. The van der Waals surface area contributed by atoms with Crippen molar-refractivity contribution in [2.75, 3.05) is 43.9 Å². The molecule has 0 aliphatic carbocycles. The average Bonchev–Trinajstić information content (AvgIpc) is 2.43. The van der Waals surface area contributed by atoms with Crippen LogP contribution in [0.4, 0.5) is 11.8 Å². The number of amides is 1. The van der Waals surface area contributed by atoms with Gasteiger partial charge in [-0.25, -0.2) is 4.98 Å². The lowest BCUT2D eigenvalue weighted by Crippen LogP contribution is -2.37. The zero-order valence-corrected chi connectivity index (χ0v) is 13.2. The fraction of sp³-hybridized carbons (Fsp3) is 0.615. The molecule has 1 aromatic heterocycles. The maximum absolute atomic E-state index is 11.8. The Hall–Kier alpha value is -1.56. The van der Waals surface area contributed by atoms with Crippen LogP contribution in [-0.4, -0.2) is 54.5 Å². The minimum atomic E-state index is 0.00426. The summed E-state index contributed by atoms with van der Waals surface area (Å²) in [5.74, 6) is 1.12. The smallest absolute Gasteiger partial charge is 0.241 e. The molecule has 0 aliphatic heterocycles. The van der Waals surface area contributed by atoms with Crippen LogP contribution in [0.1, 0.15) is 20.3 Å². The zero-order valence-electron chi connectivity index (χ0n) is 12.5. The standard InChI is InChI=1S/C13H22ClN5O/c1-5-7-15-13-16-8-10(14)12(17-13)19(6-2)9-11(20)18(3)4/h8H,5-7,9H2,1-4H3,(H,15,16,17). The van der Waals surface area contributed by atoms with E-state index < -0.39 is 0 Å². The molecule has 0 radical (unpaired) electrons. The Balaban J connectivity index is 2.92. The zero-order chi connectivity index (χ0) is 15.1. The van der Waals surface area contributed by atoms with Gasteiger partial charge in [0.2, 0.25) is 11.9 Å². The normalized spacial score (nSPS) is 10.2. The molecule has 0 fully saturated rings. The highest BCUT2D eigenvalue weighted by molar-refractivity contribution is 6.32. The summed E-state index contributed by atoms with van der Waals surface area (Å²) < 4.78 is 0. The van der Waals surface area contributed by atoms with E-state index in [2.05, 4.69) is 22.2 Å². The summed E-state index contributed by atoms with van der Waals surface area (Å²) in [4.78, 5) is 23.7. The van der Waals surface area contributed by atoms with E-state index in [4.69, 9.17) is 11.6 Å². The molecule has 1 aromatic rings. The van der Waals surface area contributed by atoms with Gasteiger partial charge in [0, 0.05) is 27.2 Å². The highest BCUT2D eigenvalue weighted by atomic mass is 35.5. The fourth-order valence-corrected chi connectivity index (χ4v) is 1.75. The van der Waals surface area contributed by atoms with Crippen LogP contribution in [0.5, 0.6) is 0 Å². The van der Waals surface area contributed by atoms with Crippen molar-refractivity contribution in [2.24, 2.45) is 0 Å². The van der Waals surface area contributed by atoms with Crippen molar-refractivity contribution in [2.45, 2.75) is 20.3 Å². The van der Waals surface area contributed by atoms with Gasteiger partial charge in [-0.1, -0.05) is 18.5 Å². The van der Waals surface area contributed by atoms with Gasteiger partial charge in [0.1, 0.15) is 5.02 Å². The number of hydrogen-bond acceptors (Lipinski definition) is 5. The van der Waals surface area contributed by atoms with Crippen LogP contribution in [0, 0.1) is 0 Å². The van der Waals surface area contributed by atoms with Gasteiger partial charge in [-0.3, -0.25) is 4.79 Å². The van der Waals surface area contributed by atoms with Gasteiger partial charge in [0.05, 0.1) is 12.7 Å². The number of nitrogens with zero attached hydrogens (tertiary/aromatic N) is 4. The third-order valence-corrected chi connectivity index (χ3v) is 3.03. The molecular formula is C13H22ClN5O. The first-order valence-electron chi connectivity index (χ1n) is 6.71. The fourth-order valence-electron chi connectivity index (χ4n) is 1.54. The Morgan fingerprint density at radius 1 is 1.40 bits per heavy atom. The number of halogens is 1. The minimum Gasteiger partial charge on any atom is -0.354 e. The van der Waals surface area contributed by atoms with E-state index >= 15 is 0 Å². The topological polar surface area (TPSA) is 61.4 Å². The van der Waals surface area contributed by atoms with Gasteiger partial charge in [0.25, 0.3) is 0 Å². The Labute approximate surface area is 125 Å². The van der Waals surface area contributed by atoms with Crippen molar-refractivity contribution in [3.63, 3.8) is 0 Å². The van der Waals surface area contributed by atoms with Gasteiger partial charge < -0.3 is 15.1 Å². The second kappa shape index (κ2) is 7.89. The molecule has 0 saturated heterocycles. The van der Waals surface area contributed by atoms with Crippen LogP contribution in [0.25, 0.3) is 0 Å². The maximum atomic E-state index is 11.8. The Morgan fingerprint density at radius 3 is 2.65 bits per heavy atom. The number of hydrogen-bond donors (Lipinski definition) is 1. The highest BCUT2D eigenvalue weighted by Crippen LogP contribution is 2.23. The molecule has 20 heavy (non-hydrogen) atoms. The second-order valence-electron chi connectivity index (χ2n) is 4.59. The molecule has 1 N–H and O–H groups in total. The molecule has 6 nitrogen and oxygen atoms in total. The third kappa shape index (κ3) is 4.52. The number of anilines is 2. The number of nitrogens with one attached hydrogen (secondary N) is 1. The summed E-state index contributed by atoms with van der Waals surface area (Å²) in [5.41, 5.74) is 0. The molecule has 1 amide bonds. The summed E-state index contributed by atoms with van der Waals surface area (Å²) in [6.07, 6.45) is 2.54. The molecule has 0 spiro atoms. The van der Waals surface area contributed by atoms with Crippen molar-refractivity contribution in [3.05, 3.63) is 11.2 Å². The van der Waals surface area contributed by atoms with Gasteiger partial charge in [-0.15, -0.1) is 0 Å². The van der Waals surface area contributed by atoms with Crippen LogP contribution >= 0.6 is 11.6 Å². The largest absolute Gasteiger partial charge is 0.354 e. The summed E-state index contributed by atoms with van der Waals surface area (Å²) in [5, 5.41) is 3.56. The number of carbonyl (C=O) groups is 1. The molecule has 1 heterocycles. The molecule has 0 atom stereocenters. The lowest BCUT2D eigenvalue weighted by atomic mass is 10.4. The molecule has 112 valence electrons. The molecule has 0 unspecified atom stereocenters. The van der Waals surface area contributed by atoms with Crippen LogP contribution in [-0.2, 0) is 4.79 Å². The Morgan fingerprint density at radius 2 is 2.10 bits per heavy atom. The molecule has 0 aliphatic rings. The van der Waals surface area contributed by atoms with Gasteiger partial charge >= 0.3 is 0 Å². The van der Waals surface area contributed by atoms with Crippen molar-refractivity contribution in [1.82, 2.24) is 14.9 Å². The van der Waals surface area contributed by atoms with E-state index in [0.717, 1.165) is 13.0 Å². The number of aromatic nitrogens is 2. The number of rotatable bonds is 7. The molecule has 0 saturated carbocycles. The summed E-state index contributed by atoms with van der Waals surface area (Å²) >= 11 is 6.15. The van der Waals surface area contributed by atoms with Crippen LogP contribution in [0.3, 0.4) is 0 Å². The van der Waals surface area contributed by atoms with Crippen molar-refractivity contribution < 1.29 is 4.79 Å². The van der Waals surface area contributed by atoms with E-state index in [9.17, 15) is 4.79 Å². The molecule has 0 bridgehead atoms. The average molecular weight is 300 g/mol. The lowest BCUT2D eigenvalue weighted by Gasteiger charge is -2.24. The number of carbonyl (C=O) groups excluding carboxylic acids is 1. The Bertz CT molecular complexity index is 452. The summed E-state index contributed by atoms with van der Waals surface area (Å²) in [7, 11) is 3.46. The van der Waals surface area contributed by atoms with E-state index in [-0.39, 0.29) is 12.5 Å². The number of likely N-dealkylation sites (N-methyl/N-ethyl adjacent to an activating group) is 2. The van der Waals surface area contributed by atoms with Crippen molar-refractivity contribution in [3.8, 4) is 0 Å². The van der Waals surface area contributed by atoms with Gasteiger partial charge in [-0.2, -0.15) is 4.98 Å². The van der Waals surface area contributed by atoms with Gasteiger partial charge in [-0.05, 0) is 13.3 Å². The van der Waals surface area contributed by atoms with Crippen LogP contribution in [0.15, 0.2) is 6.20 Å². The van der Waals surface area contributed by atoms with Crippen LogP contribution < -0.4 is 10.2 Å². The molecule has 0 aromatic carbocycles.